The lowest BCUT2D eigenvalue weighted by molar-refractivity contribution is 0.189. The summed E-state index contributed by atoms with van der Waals surface area (Å²) in [5.41, 5.74) is 0. The van der Waals surface area contributed by atoms with Crippen molar-refractivity contribution in [3.63, 3.8) is 0 Å². The average Bonchev–Trinajstić information content (AvgIpc) is 2.75. The van der Waals surface area contributed by atoms with E-state index < -0.39 is 0 Å². The number of hydrogen-bond donors (Lipinski definition) is 1. The summed E-state index contributed by atoms with van der Waals surface area (Å²) in [7, 11) is 3.73. The largest absolute Gasteiger partial charge is 0.385 e. The van der Waals surface area contributed by atoms with Crippen LogP contribution in [-0.4, -0.2) is 41.6 Å². The van der Waals surface area contributed by atoms with Gasteiger partial charge in [-0.1, -0.05) is 0 Å². The average molecular weight is 226 g/mol. The van der Waals surface area contributed by atoms with Gasteiger partial charge in [-0.2, -0.15) is 5.10 Å². The van der Waals surface area contributed by atoms with Crippen molar-refractivity contribution in [3.8, 4) is 0 Å². The van der Waals surface area contributed by atoms with Crippen molar-refractivity contribution in [2.24, 2.45) is 0 Å². The third-order valence-electron chi connectivity index (χ3n) is 2.73. The Morgan fingerprint density at radius 2 is 2.38 bits per heavy atom. The number of nitrogens with one attached hydrogen (secondary N) is 1. The van der Waals surface area contributed by atoms with Gasteiger partial charge in [0.2, 0.25) is 0 Å². The monoisotopic (exact) mass is 226 g/mol. The zero-order chi connectivity index (χ0) is 11.8. The summed E-state index contributed by atoms with van der Waals surface area (Å²) >= 11 is 0. The minimum atomic E-state index is 0.449. The smallest absolute Gasteiger partial charge is 0.138 e. The molecule has 0 amide bonds. The van der Waals surface area contributed by atoms with Crippen LogP contribution >= 0.6 is 0 Å². The molecule has 1 unspecified atom stereocenters. The van der Waals surface area contributed by atoms with Gasteiger partial charge in [-0.3, -0.25) is 4.68 Å². The number of likely N-dealkylation sites (N-methyl/N-ethyl adjacent to an activating group) is 1. The van der Waals surface area contributed by atoms with E-state index in [1.54, 1.807) is 13.4 Å². The van der Waals surface area contributed by atoms with E-state index in [2.05, 4.69) is 22.3 Å². The Morgan fingerprint density at radius 3 is 3.00 bits per heavy atom. The van der Waals surface area contributed by atoms with E-state index in [0.717, 1.165) is 38.2 Å². The number of aromatic nitrogens is 3. The van der Waals surface area contributed by atoms with Gasteiger partial charge in [-0.05, 0) is 26.8 Å². The zero-order valence-corrected chi connectivity index (χ0v) is 10.4. The maximum absolute atomic E-state index is 5.06. The van der Waals surface area contributed by atoms with Crippen molar-refractivity contribution in [3.05, 3.63) is 12.2 Å². The molecule has 1 aromatic heterocycles. The summed E-state index contributed by atoms with van der Waals surface area (Å²) in [5.74, 6) is 1.05. The van der Waals surface area contributed by atoms with Gasteiger partial charge >= 0.3 is 0 Å². The third kappa shape index (κ3) is 3.90. The molecule has 0 fully saturated rings. The van der Waals surface area contributed by atoms with E-state index in [9.17, 15) is 0 Å². The predicted molar refractivity (Wildman–Crippen MR) is 63.4 cm³/mol. The summed E-state index contributed by atoms with van der Waals surface area (Å²) in [4.78, 5) is 4.28. The van der Waals surface area contributed by atoms with E-state index in [4.69, 9.17) is 4.74 Å². The van der Waals surface area contributed by atoms with E-state index in [1.165, 1.54) is 0 Å². The number of ether oxygens (including phenoxy) is 1. The fourth-order valence-corrected chi connectivity index (χ4v) is 1.75. The van der Waals surface area contributed by atoms with Crippen LogP contribution in [-0.2, 0) is 17.7 Å². The number of rotatable bonds is 8. The highest BCUT2D eigenvalue weighted by Gasteiger charge is 2.11. The molecule has 1 atom stereocenters. The number of hydrogen-bond acceptors (Lipinski definition) is 4. The normalized spacial score (nSPS) is 12.9. The lowest BCUT2D eigenvalue weighted by Crippen LogP contribution is -2.29. The molecule has 0 aromatic carbocycles. The lowest BCUT2D eigenvalue weighted by atomic mass is 10.1. The standard InChI is InChI=1S/C11H22N4O/c1-4-15-11(13-9-14-15)8-10(12-2)6-5-7-16-3/h9-10,12H,4-8H2,1-3H3. The minimum Gasteiger partial charge on any atom is -0.385 e. The molecule has 0 aliphatic heterocycles. The van der Waals surface area contributed by atoms with E-state index in [0.29, 0.717) is 6.04 Å². The summed E-state index contributed by atoms with van der Waals surface area (Å²) in [6, 6.07) is 0.449. The molecule has 0 saturated carbocycles. The van der Waals surface area contributed by atoms with Gasteiger partial charge in [0, 0.05) is 32.7 Å². The van der Waals surface area contributed by atoms with Crippen molar-refractivity contribution in [1.29, 1.82) is 0 Å². The Balaban J connectivity index is 2.43. The van der Waals surface area contributed by atoms with E-state index >= 15 is 0 Å². The fourth-order valence-electron chi connectivity index (χ4n) is 1.75. The van der Waals surface area contributed by atoms with Crippen LogP contribution in [0.4, 0.5) is 0 Å². The van der Waals surface area contributed by atoms with Crippen molar-refractivity contribution < 1.29 is 4.74 Å². The SMILES string of the molecule is CCn1ncnc1CC(CCCOC)NC. The molecule has 5 nitrogen and oxygen atoms in total. The molecule has 92 valence electrons. The number of nitrogens with zero attached hydrogens (tertiary/aromatic N) is 3. The van der Waals surface area contributed by atoms with Crippen LogP contribution in [0, 0.1) is 0 Å². The first kappa shape index (κ1) is 13.1. The molecule has 0 aliphatic carbocycles. The van der Waals surface area contributed by atoms with Gasteiger partial charge in [0.1, 0.15) is 12.2 Å². The summed E-state index contributed by atoms with van der Waals surface area (Å²) in [5, 5.41) is 7.49. The van der Waals surface area contributed by atoms with Gasteiger partial charge in [0.15, 0.2) is 0 Å². The topological polar surface area (TPSA) is 52.0 Å². The van der Waals surface area contributed by atoms with Crippen molar-refractivity contribution in [2.75, 3.05) is 20.8 Å². The lowest BCUT2D eigenvalue weighted by Gasteiger charge is -2.15. The van der Waals surface area contributed by atoms with Gasteiger partial charge < -0.3 is 10.1 Å². The van der Waals surface area contributed by atoms with Gasteiger partial charge in [0.25, 0.3) is 0 Å². The highest BCUT2D eigenvalue weighted by atomic mass is 16.5. The Bertz CT molecular complexity index is 287. The minimum absolute atomic E-state index is 0.449. The van der Waals surface area contributed by atoms with Gasteiger partial charge in [-0.15, -0.1) is 0 Å². The van der Waals surface area contributed by atoms with Crippen LogP contribution in [0.15, 0.2) is 6.33 Å². The van der Waals surface area contributed by atoms with Crippen LogP contribution in [0.2, 0.25) is 0 Å². The van der Waals surface area contributed by atoms with Crippen molar-refractivity contribution >= 4 is 0 Å². The van der Waals surface area contributed by atoms with Crippen LogP contribution in [0.1, 0.15) is 25.6 Å². The maximum atomic E-state index is 5.06. The Kier molecular flexibility index (Phi) is 6.03. The van der Waals surface area contributed by atoms with Crippen LogP contribution in [0.5, 0.6) is 0 Å². The Labute approximate surface area is 97.2 Å². The van der Waals surface area contributed by atoms with E-state index in [-0.39, 0.29) is 0 Å². The van der Waals surface area contributed by atoms with E-state index in [1.807, 2.05) is 11.7 Å². The number of methoxy groups -OCH3 is 1. The summed E-state index contributed by atoms with van der Waals surface area (Å²) in [6.45, 7) is 3.78. The summed E-state index contributed by atoms with van der Waals surface area (Å²) in [6.07, 6.45) is 4.72. The van der Waals surface area contributed by atoms with Crippen molar-refractivity contribution in [2.45, 2.75) is 38.8 Å². The molecular formula is C11H22N4O. The first-order valence-corrected chi connectivity index (χ1v) is 5.84. The van der Waals surface area contributed by atoms with Gasteiger partial charge in [-0.25, -0.2) is 4.98 Å². The molecule has 0 radical (unpaired) electrons. The molecular weight excluding hydrogens is 204 g/mol. The van der Waals surface area contributed by atoms with Crippen molar-refractivity contribution in [1.82, 2.24) is 20.1 Å². The molecule has 16 heavy (non-hydrogen) atoms. The van der Waals surface area contributed by atoms with Crippen LogP contribution in [0.25, 0.3) is 0 Å². The second-order valence-electron chi connectivity index (χ2n) is 3.82. The number of aryl methyl sites for hydroxylation is 1. The molecule has 1 rings (SSSR count). The highest BCUT2D eigenvalue weighted by molar-refractivity contribution is 4.89. The second kappa shape index (κ2) is 7.35. The molecule has 0 spiro atoms. The Morgan fingerprint density at radius 1 is 1.56 bits per heavy atom. The second-order valence-corrected chi connectivity index (χ2v) is 3.82. The Hall–Kier alpha value is -0.940. The highest BCUT2D eigenvalue weighted by Crippen LogP contribution is 2.05. The van der Waals surface area contributed by atoms with Crippen LogP contribution in [0.3, 0.4) is 0 Å². The predicted octanol–water partition coefficient (Wildman–Crippen LogP) is 0.855. The maximum Gasteiger partial charge on any atom is 0.138 e. The molecule has 0 saturated heterocycles. The molecule has 1 aromatic rings. The zero-order valence-electron chi connectivity index (χ0n) is 10.4. The third-order valence-corrected chi connectivity index (χ3v) is 2.73. The van der Waals surface area contributed by atoms with Gasteiger partial charge in [0.05, 0.1) is 0 Å². The fraction of sp³-hybridized carbons (Fsp3) is 0.818. The molecule has 1 heterocycles. The van der Waals surface area contributed by atoms with Crippen LogP contribution < -0.4 is 5.32 Å². The first-order valence-electron chi connectivity index (χ1n) is 5.84. The quantitative estimate of drug-likeness (QED) is 0.668. The molecule has 0 bridgehead atoms. The molecule has 1 N–H and O–H groups in total. The molecule has 5 heteroatoms. The molecule has 0 aliphatic rings. The first-order chi connectivity index (χ1) is 7.81. The summed E-state index contributed by atoms with van der Waals surface area (Å²) < 4.78 is 7.00.